The lowest BCUT2D eigenvalue weighted by Gasteiger charge is -2.27. The van der Waals surface area contributed by atoms with E-state index in [1.807, 2.05) is 0 Å². The summed E-state index contributed by atoms with van der Waals surface area (Å²) in [5.41, 5.74) is -0.197. The standard InChI is InChI=1S/C19H17F5O4S/c1-2-28-17(18(20,21)19(22,23)24)16(15(25)13-9-5-3-6-10-13)29(26,27)14-11-7-4-8-12-14/h3-12,15,25H,2H2,1H3/b17-16-. The number of ether oxygens (including phenoxy) is 1. The summed E-state index contributed by atoms with van der Waals surface area (Å²) in [4.78, 5) is -2.14. The van der Waals surface area contributed by atoms with Gasteiger partial charge >= 0.3 is 12.1 Å². The average molecular weight is 436 g/mol. The number of alkyl halides is 5. The van der Waals surface area contributed by atoms with Gasteiger partial charge in [-0.25, -0.2) is 8.42 Å². The van der Waals surface area contributed by atoms with Gasteiger partial charge in [-0.1, -0.05) is 48.5 Å². The first-order valence-corrected chi connectivity index (χ1v) is 9.78. The summed E-state index contributed by atoms with van der Waals surface area (Å²) in [7, 11) is -4.99. The zero-order chi connectivity index (χ0) is 21.9. The van der Waals surface area contributed by atoms with Gasteiger partial charge in [0.1, 0.15) is 11.0 Å². The quantitative estimate of drug-likeness (QED) is 0.508. The van der Waals surface area contributed by atoms with E-state index >= 15 is 0 Å². The maximum absolute atomic E-state index is 14.3. The second-order valence-corrected chi connectivity index (χ2v) is 7.75. The minimum absolute atomic E-state index is 0.197. The molecule has 10 heteroatoms. The van der Waals surface area contributed by atoms with Gasteiger partial charge < -0.3 is 9.84 Å². The number of rotatable bonds is 7. The fourth-order valence-electron chi connectivity index (χ4n) is 2.50. The van der Waals surface area contributed by atoms with Crippen molar-refractivity contribution < 1.29 is 40.2 Å². The van der Waals surface area contributed by atoms with Gasteiger partial charge in [-0.15, -0.1) is 0 Å². The summed E-state index contributed by atoms with van der Waals surface area (Å²) < 4.78 is 98.4. The zero-order valence-corrected chi connectivity index (χ0v) is 15.8. The van der Waals surface area contributed by atoms with Crippen molar-refractivity contribution in [1.29, 1.82) is 0 Å². The predicted octanol–water partition coefficient (Wildman–Crippen LogP) is 4.64. The largest absolute Gasteiger partial charge is 0.491 e. The highest BCUT2D eigenvalue weighted by molar-refractivity contribution is 7.95. The fraction of sp³-hybridized carbons (Fsp3) is 0.263. The molecule has 0 aliphatic rings. The van der Waals surface area contributed by atoms with Gasteiger partial charge in [0.15, 0.2) is 5.76 Å². The predicted molar refractivity (Wildman–Crippen MR) is 94.7 cm³/mol. The number of benzene rings is 2. The normalized spacial score (nSPS) is 14.9. The lowest BCUT2D eigenvalue weighted by molar-refractivity contribution is -0.277. The summed E-state index contributed by atoms with van der Waals surface area (Å²) in [6.07, 6.45) is -8.47. The monoisotopic (exact) mass is 436 g/mol. The van der Waals surface area contributed by atoms with Crippen molar-refractivity contribution in [3.05, 3.63) is 76.9 Å². The van der Waals surface area contributed by atoms with Crippen LogP contribution in [0.3, 0.4) is 0 Å². The molecule has 1 atom stereocenters. The van der Waals surface area contributed by atoms with Crippen LogP contribution in [0.25, 0.3) is 0 Å². The molecular formula is C19H17F5O4S. The van der Waals surface area contributed by atoms with Crippen molar-refractivity contribution in [3.8, 4) is 0 Å². The first-order valence-electron chi connectivity index (χ1n) is 8.29. The average Bonchev–Trinajstić information content (AvgIpc) is 2.67. The molecule has 0 saturated heterocycles. The Kier molecular flexibility index (Phi) is 6.69. The molecule has 0 amide bonds. The second kappa shape index (κ2) is 8.50. The van der Waals surface area contributed by atoms with Crippen molar-refractivity contribution in [2.24, 2.45) is 0 Å². The molecule has 158 valence electrons. The maximum Gasteiger partial charge on any atom is 0.461 e. The third-order valence-electron chi connectivity index (χ3n) is 3.86. The fourth-order valence-corrected chi connectivity index (χ4v) is 4.13. The van der Waals surface area contributed by atoms with Crippen LogP contribution in [-0.4, -0.2) is 32.2 Å². The molecule has 2 rings (SSSR count). The van der Waals surface area contributed by atoms with Crippen molar-refractivity contribution in [2.45, 2.75) is 30.0 Å². The highest BCUT2D eigenvalue weighted by Crippen LogP contribution is 2.46. The van der Waals surface area contributed by atoms with Crippen LogP contribution in [0.2, 0.25) is 0 Å². The second-order valence-electron chi connectivity index (χ2n) is 5.83. The molecule has 1 N–H and O–H groups in total. The van der Waals surface area contributed by atoms with Crippen molar-refractivity contribution in [2.75, 3.05) is 6.61 Å². The van der Waals surface area contributed by atoms with Gasteiger partial charge in [0.05, 0.1) is 11.5 Å². The van der Waals surface area contributed by atoms with Crippen LogP contribution in [0.15, 0.2) is 76.2 Å². The van der Waals surface area contributed by atoms with Gasteiger partial charge in [-0.2, -0.15) is 22.0 Å². The van der Waals surface area contributed by atoms with Gasteiger partial charge in [0.2, 0.25) is 9.84 Å². The van der Waals surface area contributed by atoms with Crippen LogP contribution >= 0.6 is 0 Å². The van der Waals surface area contributed by atoms with E-state index in [-0.39, 0.29) is 5.56 Å². The summed E-state index contributed by atoms with van der Waals surface area (Å²) in [6.45, 7) is 0.435. The molecule has 0 fully saturated rings. The molecule has 0 radical (unpaired) electrons. The van der Waals surface area contributed by atoms with Crippen LogP contribution in [0.4, 0.5) is 22.0 Å². The number of allylic oxidation sites excluding steroid dienone is 1. The minimum Gasteiger partial charge on any atom is -0.491 e. The molecule has 1 unspecified atom stereocenters. The lowest BCUT2D eigenvalue weighted by atomic mass is 10.1. The first kappa shape index (κ1) is 22.8. The minimum atomic E-state index is -6.15. The molecule has 0 aromatic heterocycles. The van der Waals surface area contributed by atoms with E-state index in [0.29, 0.717) is 0 Å². The molecule has 2 aromatic rings. The molecule has 0 saturated carbocycles. The summed E-state index contributed by atoms with van der Waals surface area (Å²) in [5, 5.41) is 10.6. The van der Waals surface area contributed by atoms with Gasteiger partial charge in [0, 0.05) is 0 Å². The molecule has 0 spiro atoms. The van der Waals surface area contributed by atoms with Crippen molar-refractivity contribution in [3.63, 3.8) is 0 Å². The first-order chi connectivity index (χ1) is 13.4. The summed E-state index contributed by atoms with van der Waals surface area (Å²) in [5.74, 6) is -7.82. The molecule has 0 aliphatic carbocycles. The van der Waals surface area contributed by atoms with Gasteiger partial charge in [-0.05, 0) is 24.6 Å². The molecule has 2 aromatic carbocycles. The Labute approximate surface area is 164 Å². The number of sulfone groups is 1. The van der Waals surface area contributed by atoms with E-state index in [2.05, 4.69) is 4.74 Å². The Balaban J connectivity index is 2.89. The van der Waals surface area contributed by atoms with E-state index in [1.54, 1.807) is 0 Å². The number of hydrogen-bond donors (Lipinski definition) is 1. The van der Waals surface area contributed by atoms with Crippen molar-refractivity contribution in [1.82, 2.24) is 0 Å². The Morgan fingerprint density at radius 2 is 1.45 bits per heavy atom. The maximum atomic E-state index is 14.3. The smallest absolute Gasteiger partial charge is 0.461 e. The van der Waals surface area contributed by atoms with E-state index in [0.717, 1.165) is 19.1 Å². The molecule has 0 aliphatic heterocycles. The highest BCUT2D eigenvalue weighted by Gasteiger charge is 2.63. The van der Waals surface area contributed by atoms with Crippen molar-refractivity contribution >= 4 is 9.84 Å². The highest BCUT2D eigenvalue weighted by atomic mass is 32.2. The molecule has 0 heterocycles. The van der Waals surface area contributed by atoms with E-state index < -0.39 is 50.2 Å². The number of halogens is 5. The SMILES string of the molecule is CCO/C(=C(/C(O)c1ccccc1)S(=O)(=O)c1ccccc1)C(F)(F)C(F)(F)F. The van der Waals surface area contributed by atoms with Gasteiger partial charge in [-0.3, -0.25) is 0 Å². The van der Waals surface area contributed by atoms with Crippen LogP contribution in [0, 0.1) is 0 Å². The topological polar surface area (TPSA) is 63.6 Å². The Morgan fingerprint density at radius 1 is 0.966 bits per heavy atom. The number of aliphatic hydroxyl groups excluding tert-OH is 1. The molecule has 0 bridgehead atoms. The Bertz CT molecular complexity index is 955. The molecule has 29 heavy (non-hydrogen) atoms. The van der Waals surface area contributed by atoms with Crippen LogP contribution in [-0.2, 0) is 14.6 Å². The van der Waals surface area contributed by atoms with E-state index in [9.17, 15) is 35.5 Å². The number of hydrogen-bond acceptors (Lipinski definition) is 4. The zero-order valence-electron chi connectivity index (χ0n) is 15.0. The molecular weight excluding hydrogens is 419 g/mol. The Morgan fingerprint density at radius 3 is 1.90 bits per heavy atom. The van der Waals surface area contributed by atoms with E-state index in [4.69, 9.17) is 0 Å². The summed E-state index contributed by atoms with van der Waals surface area (Å²) >= 11 is 0. The number of aliphatic hydroxyl groups is 1. The van der Waals surface area contributed by atoms with Crippen LogP contribution < -0.4 is 0 Å². The third kappa shape index (κ3) is 4.59. The lowest BCUT2D eigenvalue weighted by Crippen LogP contribution is -2.41. The third-order valence-corrected chi connectivity index (χ3v) is 5.74. The van der Waals surface area contributed by atoms with Gasteiger partial charge in [0.25, 0.3) is 0 Å². The van der Waals surface area contributed by atoms with Crippen LogP contribution in [0.1, 0.15) is 18.6 Å². The van der Waals surface area contributed by atoms with E-state index in [1.165, 1.54) is 48.5 Å². The summed E-state index contributed by atoms with van der Waals surface area (Å²) in [6, 6.07) is 12.6. The van der Waals surface area contributed by atoms with Crippen LogP contribution in [0.5, 0.6) is 0 Å². The Hall–Kier alpha value is -2.46. The molecule has 4 nitrogen and oxygen atoms in total.